The molecule has 0 atom stereocenters. The number of rotatable bonds is 11. The fraction of sp³-hybridized carbons (Fsp3) is 0.333. The number of halogens is 1. The third kappa shape index (κ3) is 7.18. The van der Waals surface area contributed by atoms with Gasteiger partial charge in [-0.05, 0) is 56.8 Å². The molecule has 0 spiro atoms. The summed E-state index contributed by atoms with van der Waals surface area (Å²) in [5.74, 6) is 0.539. The Morgan fingerprint density at radius 1 is 1.14 bits per heavy atom. The van der Waals surface area contributed by atoms with Crippen LogP contribution in [0.3, 0.4) is 0 Å². The average Bonchev–Trinajstić information content (AvgIpc) is 3.19. The van der Waals surface area contributed by atoms with E-state index < -0.39 is 5.76 Å². The molecule has 0 aliphatic rings. The van der Waals surface area contributed by atoms with E-state index in [4.69, 9.17) is 9.15 Å². The normalized spacial score (nSPS) is 10.9. The highest BCUT2D eigenvalue weighted by molar-refractivity contribution is 5.97. The minimum absolute atomic E-state index is 0. The lowest BCUT2D eigenvalue weighted by molar-refractivity contribution is 0.0953. The molecule has 0 bridgehead atoms. The van der Waals surface area contributed by atoms with E-state index >= 15 is 0 Å². The number of oxazole rings is 1. The van der Waals surface area contributed by atoms with E-state index in [1.165, 1.54) is 4.57 Å². The first-order valence-electron chi connectivity index (χ1n) is 12.0. The first kappa shape index (κ1) is 27.9. The van der Waals surface area contributed by atoms with Gasteiger partial charge in [-0.3, -0.25) is 9.36 Å². The fourth-order valence-corrected chi connectivity index (χ4v) is 3.80. The third-order valence-electron chi connectivity index (χ3n) is 5.64. The molecule has 0 unspecified atom stereocenters. The van der Waals surface area contributed by atoms with Gasteiger partial charge in [-0.15, -0.1) is 12.4 Å². The number of nitrogens with one attached hydrogen (secondary N) is 1. The van der Waals surface area contributed by atoms with Gasteiger partial charge < -0.3 is 19.4 Å². The summed E-state index contributed by atoms with van der Waals surface area (Å²) in [5.41, 5.74) is 3.20. The van der Waals surface area contributed by atoms with Gasteiger partial charge in [0.05, 0.1) is 31.1 Å². The van der Waals surface area contributed by atoms with Crippen molar-refractivity contribution in [2.24, 2.45) is 0 Å². The molecule has 0 radical (unpaired) electrons. The number of benzene rings is 2. The largest absolute Gasteiger partial charge is 0.490 e. The van der Waals surface area contributed by atoms with Gasteiger partial charge in [0.1, 0.15) is 0 Å². The first-order chi connectivity index (χ1) is 17.4. The van der Waals surface area contributed by atoms with Gasteiger partial charge in [0.25, 0.3) is 5.91 Å². The Morgan fingerprint density at radius 2 is 1.92 bits per heavy atom. The molecule has 4 rings (SSSR count). The summed E-state index contributed by atoms with van der Waals surface area (Å²) in [4.78, 5) is 36.0. The summed E-state index contributed by atoms with van der Waals surface area (Å²) in [7, 11) is 4.06. The molecule has 1 amide bonds. The van der Waals surface area contributed by atoms with Gasteiger partial charge in [0.2, 0.25) is 0 Å². The fourth-order valence-electron chi connectivity index (χ4n) is 3.80. The zero-order chi connectivity index (χ0) is 25.5. The quantitative estimate of drug-likeness (QED) is 0.295. The van der Waals surface area contributed by atoms with E-state index in [9.17, 15) is 9.59 Å². The molecular formula is C27H32ClN5O4. The van der Waals surface area contributed by atoms with Crippen molar-refractivity contribution in [1.29, 1.82) is 0 Å². The molecule has 2 aromatic heterocycles. The number of nitrogens with zero attached hydrogens (tertiary/aromatic N) is 4. The number of hydrogen-bond donors (Lipinski definition) is 1. The maximum atomic E-state index is 12.6. The number of amides is 1. The summed E-state index contributed by atoms with van der Waals surface area (Å²) in [5, 5.41) is 2.86. The Morgan fingerprint density at radius 3 is 2.65 bits per heavy atom. The Hall–Kier alpha value is -3.69. The standard InChI is InChI=1S/C27H31N5O4.ClH/c1-4-11-28-26(33)21-9-10-24-23(15-21)32(27(34)36-24)18-19-7-5-8-20(14-19)25-29-16-22(17-30-25)35-13-6-12-31(2)3;/h5,7-10,14-17H,4,6,11-13,18H2,1-3H3,(H,28,33);1H. The molecule has 196 valence electrons. The summed E-state index contributed by atoms with van der Waals surface area (Å²) < 4.78 is 12.6. The van der Waals surface area contributed by atoms with Crippen LogP contribution in [0.5, 0.6) is 5.75 Å². The van der Waals surface area contributed by atoms with Gasteiger partial charge in [-0.2, -0.15) is 0 Å². The van der Waals surface area contributed by atoms with Crippen LogP contribution in [-0.4, -0.2) is 59.1 Å². The van der Waals surface area contributed by atoms with Crippen LogP contribution in [0.2, 0.25) is 0 Å². The molecule has 0 saturated carbocycles. The number of fused-ring (bicyclic) bond motifs is 1. The van der Waals surface area contributed by atoms with Gasteiger partial charge >= 0.3 is 5.76 Å². The lowest BCUT2D eigenvalue weighted by Crippen LogP contribution is -2.24. The van der Waals surface area contributed by atoms with E-state index in [0.29, 0.717) is 41.4 Å². The van der Waals surface area contributed by atoms with Crippen molar-refractivity contribution in [3.8, 4) is 17.1 Å². The predicted octanol–water partition coefficient (Wildman–Crippen LogP) is 3.99. The summed E-state index contributed by atoms with van der Waals surface area (Å²) in [6, 6.07) is 12.7. The molecule has 0 fully saturated rings. The molecule has 37 heavy (non-hydrogen) atoms. The Bertz CT molecular complexity index is 1380. The van der Waals surface area contributed by atoms with Gasteiger partial charge in [0, 0.05) is 24.2 Å². The number of hydrogen-bond acceptors (Lipinski definition) is 7. The smallest absolute Gasteiger partial charge is 0.420 e. The summed E-state index contributed by atoms with van der Waals surface area (Å²) in [6.07, 6.45) is 5.11. The maximum absolute atomic E-state index is 12.6. The van der Waals surface area contributed by atoms with Crippen LogP contribution in [0, 0.1) is 0 Å². The van der Waals surface area contributed by atoms with Crippen molar-refractivity contribution in [1.82, 2.24) is 24.8 Å². The zero-order valence-corrected chi connectivity index (χ0v) is 22.1. The van der Waals surface area contributed by atoms with Crippen LogP contribution >= 0.6 is 12.4 Å². The molecule has 0 aliphatic carbocycles. The van der Waals surface area contributed by atoms with Gasteiger partial charge in [-0.25, -0.2) is 14.8 Å². The predicted molar refractivity (Wildman–Crippen MR) is 146 cm³/mol. The van der Waals surface area contributed by atoms with Crippen molar-refractivity contribution in [2.75, 3.05) is 33.8 Å². The summed E-state index contributed by atoms with van der Waals surface area (Å²) in [6.45, 7) is 4.42. The number of carbonyl (C=O) groups excluding carboxylic acids is 1. The minimum atomic E-state index is -0.478. The van der Waals surface area contributed by atoms with Crippen molar-refractivity contribution in [3.05, 3.63) is 76.5 Å². The van der Waals surface area contributed by atoms with E-state index in [0.717, 1.165) is 30.5 Å². The second-order valence-electron chi connectivity index (χ2n) is 8.84. The molecule has 9 nitrogen and oxygen atoms in total. The summed E-state index contributed by atoms with van der Waals surface area (Å²) >= 11 is 0. The lowest BCUT2D eigenvalue weighted by Gasteiger charge is -2.10. The van der Waals surface area contributed by atoms with Crippen molar-refractivity contribution >= 4 is 29.4 Å². The van der Waals surface area contributed by atoms with Crippen molar-refractivity contribution in [2.45, 2.75) is 26.3 Å². The number of carbonyl (C=O) groups is 1. The van der Waals surface area contributed by atoms with Crippen LogP contribution in [0.4, 0.5) is 0 Å². The van der Waals surface area contributed by atoms with Crippen LogP contribution in [-0.2, 0) is 6.54 Å². The first-order valence-corrected chi connectivity index (χ1v) is 12.0. The number of ether oxygens (including phenoxy) is 1. The SMILES string of the molecule is CCCNC(=O)c1ccc2oc(=O)n(Cc3cccc(-c4ncc(OCCCN(C)C)cn4)c3)c2c1.Cl. The van der Waals surface area contributed by atoms with Crippen LogP contribution in [0.25, 0.3) is 22.5 Å². The molecule has 1 N–H and O–H groups in total. The molecule has 2 aromatic carbocycles. The highest BCUT2D eigenvalue weighted by Crippen LogP contribution is 2.21. The molecule has 0 aliphatic heterocycles. The van der Waals surface area contributed by atoms with Crippen LogP contribution in [0.1, 0.15) is 35.7 Å². The highest BCUT2D eigenvalue weighted by Gasteiger charge is 2.14. The molecular weight excluding hydrogens is 494 g/mol. The van der Waals surface area contributed by atoms with E-state index in [1.807, 2.05) is 45.3 Å². The highest BCUT2D eigenvalue weighted by atomic mass is 35.5. The topological polar surface area (TPSA) is 102 Å². The van der Waals surface area contributed by atoms with Crippen LogP contribution in [0.15, 0.2) is 64.1 Å². The van der Waals surface area contributed by atoms with Crippen molar-refractivity contribution < 1.29 is 13.9 Å². The minimum Gasteiger partial charge on any atom is -0.490 e. The molecule has 4 aromatic rings. The third-order valence-corrected chi connectivity index (χ3v) is 5.64. The van der Waals surface area contributed by atoms with Gasteiger partial charge in [0.15, 0.2) is 17.2 Å². The van der Waals surface area contributed by atoms with Crippen molar-refractivity contribution in [3.63, 3.8) is 0 Å². The Labute approximate surface area is 221 Å². The molecule has 10 heteroatoms. The molecule has 0 saturated heterocycles. The van der Waals surface area contributed by atoms with Crippen LogP contribution < -0.4 is 15.8 Å². The second kappa shape index (κ2) is 13.0. The zero-order valence-electron chi connectivity index (χ0n) is 21.3. The van der Waals surface area contributed by atoms with E-state index in [2.05, 4.69) is 20.2 Å². The molecule has 2 heterocycles. The Kier molecular flexibility index (Phi) is 9.82. The second-order valence-corrected chi connectivity index (χ2v) is 8.84. The van der Waals surface area contributed by atoms with Gasteiger partial charge in [-0.1, -0.05) is 25.1 Å². The Balaban J connectivity index is 0.00000380. The monoisotopic (exact) mass is 525 g/mol. The van der Waals surface area contributed by atoms with E-state index in [1.54, 1.807) is 30.6 Å². The average molecular weight is 526 g/mol. The maximum Gasteiger partial charge on any atom is 0.420 e. The lowest BCUT2D eigenvalue weighted by atomic mass is 10.1. The number of aromatic nitrogens is 3. The van der Waals surface area contributed by atoms with E-state index in [-0.39, 0.29) is 24.9 Å².